The Labute approximate surface area is 72.8 Å². The third-order valence-corrected chi connectivity index (χ3v) is 2.60. The maximum Gasteiger partial charge on any atom is 0.0479 e. The predicted molar refractivity (Wildman–Crippen MR) is 49.0 cm³/mol. The molecule has 1 heterocycles. The number of rotatable bonds is 1. The van der Waals surface area contributed by atoms with Crippen LogP contribution in [0.2, 0.25) is 0 Å². The first-order valence-corrected chi connectivity index (χ1v) is 4.55. The third kappa shape index (κ3) is 1.23. The van der Waals surface area contributed by atoms with E-state index >= 15 is 0 Å². The van der Waals surface area contributed by atoms with Crippen molar-refractivity contribution in [2.45, 2.75) is 25.2 Å². The Morgan fingerprint density at radius 3 is 3.33 bits per heavy atom. The Hall–Kier alpha value is -0.890. The van der Waals surface area contributed by atoms with Crippen LogP contribution in [-0.2, 0) is 6.42 Å². The summed E-state index contributed by atoms with van der Waals surface area (Å²) in [7, 11) is 0. The molecule has 0 saturated carbocycles. The van der Waals surface area contributed by atoms with Crippen LogP contribution in [0.5, 0.6) is 0 Å². The van der Waals surface area contributed by atoms with E-state index in [1.54, 1.807) is 0 Å². The first kappa shape index (κ1) is 7.74. The summed E-state index contributed by atoms with van der Waals surface area (Å²) in [4.78, 5) is 4.39. The number of aryl methyl sites for hydroxylation is 1. The van der Waals surface area contributed by atoms with Gasteiger partial charge in [-0.15, -0.1) is 0 Å². The first-order valence-electron chi connectivity index (χ1n) is 4.55. The zero-order chi connectivity index (χ0) is 8.39. The molecule has 1 aliphatic rings. The molecule has 1 aromatic rings. The van der Waals surface area contributed by atoms with Gasteiger partial charge in [-0.2, -0.15) is 0 Å². The molecular formula is C10H14N2. The quantitative estimate of drug-likeness (QED) is 0.679. The van der Waals surface area contributed by atoms with Gasteiger partial charge in [0.05, 0.1) is 0 Å². The van der Waals surface area contributed by atoms with Crippen molar-refractivity contribution in [3.05, 3.63) is 29.6 Å². The highest BCUT2D eigenvalue weighted by molar-refractivity contribution is 5.26. The Bertz CT molecular complexity index is 270. The van der Waals surface area contributed by atoms with E-state index in [0.717, 1.165) is 6.54 Å². The minimum absolute atomic E-state index is 0.509. The van der Waals surface area contributed by atoms with Crippen molar-refractivity contribution in [3.8, 4) is 0 Å². The fourth-order valence-corrected chi connectivity index (χ4v) is 1.93. The van der Waals surface area contributed by atoms with E-state index in [1.165, 1.54) is 30.5 Å². The summed E-state index contributed by atoms with van der Waals surface area (Å²) in [6, 6.07) is 4.18. The predicted octanol–water partition coefficient (Wildman–Crippen LogP) is 1.46. The second kappa shape index (κ2) is 3.23. The summed E-state index contributed by atoms with van der Waals surface area (Å²) in [5.41, 5.74) is 8.32. The van der Waals surface area contributed by atoms with Gasteiger partial charge in [-0.1, -0.05) is 6.07 Å². The second-order valence-electron chi connectivity index (χ2n) is 3.37. The van der Waals surface area contributed by atoms with Gasteiger partial charge in [0.1, 0.15) is 0 Å². The van der Waals surface area contributed by atoms with Gasteiger partial charge in [-0.25, -0.2) is 0 Å². The van der Waals surface area contributed by atoms with Crippen molar-refractivity contribution in [1.82, 2.24) is 4.98 Å². The lowest BCUT2D eigenvalue weighted by Crippen LogP contribution is -2.19. The lowest BCUT2D eigenvalue weighted by Gasteiger charge is -2.22. The van der Waals surface area contributed by atoms with Crippen LogP contribution in [0.4, 0.5) is 0 Å². The molecule has 1 atom stereocenters. The summed E-state index contributed by atoms with van der Waals surface area (Å²) in [6.07, 6.45) is 5.52. The molecule has 0 aromatic carbocycles. The molecule has 0 radical (unpaired) electrons. The highest BCUT2D eigenvalue weighted by Gasteiger charge is 2.19. The number of nitrogens with zero attached hydrogens (tertiary/aromatic N) is 1. The molecule has 12 heavy (non-hydrogen) atoms. The van der Waals surface area contributed by atoms with Gasteiger partial charge in [0, 0.05) is 24.4 Å². The minimum Gasteiger partial charge on any atom is -0.330 e. The van der Waals surface area contributed by atoms with Crippen molar-refractivity contribution < 1.29 is 0 Å². The number of hydrogen-bond acceptors (Lipinski definition) is 2. The van der Waals surface area contributed by atoms with Gasteiger partial charge in [0.15, 0.2) is 0 Å². The summed E-state index contributed by atoms with van der Waals surface area (Å²) in [5, 5.41) is 0. The van der Waals surface area contributed by atoms with Gasteiger partial charge in [0.2, 0.25) is 0 Å². The van der Waals surface area contributed by atoms with Crippen molar-refractivity contribution in [1.29, 1.82) is 0 Å². The standard InChI is InChI=1S/C10H14N2/c11-7-9-4-1-3-8-5-2-6-12-10(8)9/h2,5-6,9H,1,3-4,7,11H2. The molecule has 0 aliphatic heterocycles. The minimum atomic E-state index is 0.509. The normalized spacial score (nSPS) is 21.9. The Kier molecular flexibility index (Phi) is 2.09. The maximum atomic E-state index is 5.68. The highest BCUT2D eigenvalue weighted by atomic mass is 14.7. The third-order valence-electron chi connectivity index (χ3n) is 2.60. The molecular weight excluding hydrogens is 148 g/mol. The van der Waals surface area contributed by atoms with Crippen molar-refractivity contribution in [2.24, 2.45) is 5.73 Å². The molecule has 1 aliphatic carbocycles. The number of hydrogen-bond donors (Lipinski definition) is 1. The maximum absolute atomic E-state index is 5.68. The second-order valence-corrected chi connectivity index (χ2v) is 3.37. The molecule has 2 heteroatoms. The molecule has 0 saturated heterocycles. The average Bonchev–Trinajstić information content (AvgIpc) is 2.17. The molecule has 0 spiro atoms. The van der Waals surface area contributed by atoms with E-state index < -0.39 is 0 Å². The first-order chi connectivity index (χ1) is 5.92. The van der Waals surface area contributed by atoms with Crippen molar-refractivity contribution in [2.75, 3.05) is 6.54 Å². The monoisotopic (exact) mass is 162 g/mol. The van der Waals surface area contributed by atoms with Gasteiger partial charge in [-0.05, 0) is 30.9 Å². The Morgan fingerprint density at radius 1 is 1.58 bits per heavy atom. The van der Waals surface area contributed by atoms with E-state index in [0.29, 0.717) is 5.92 Å². The van der Waals surface area contributed by atoms with Crippen LogP contribution >= 0.6 is 0 Å². The lowest BCUT2D eigenvalue weighted by molar-refractivity contribution is 0.545. The molecule has 2 nitrogen and oxygen atoms in total. The van der Waals surface area contributed by atoms with Crippen LogP contribution in [0.15, 0.2) is 18.3 Å². The van der Waals surface area contributed by atoms with Gasteiger partial charge in [0.25, 0.3) is 0 Å². The highest BCUT2D eigenvalue weighted by Crippen LogP contribution is 2.28. The fourth-order valence-electron chi connectivity index (χ4n) is 1.93. The average molecular weight is 162 g/mol. The largest absolute Gasteiger partial charge is 0.330 e. The van der Waals surface area contributed by atoms with Gasteiger partial charge < -0.3 is 5.73 Å². The molecule has 2 rings (SSSR count). The van der Waals surface area contributed by atoms with Gasteiger partial charge >= 0.3 is 0 Å². The lowest BCUT2D eigenvalue weighted by atomic mass is 9.87. The smallest absolute Gasteiger partial charge is 0.0479 e. The summed E-state index contributed by atoms with van der Waals surface area (Å²) >= 11 is 0. The molecule has 1 aromatic heterocycles. The van der Waals surface area contributed by atoms with Crippen molar-refractivity contribution in [3.63, 3.8) is 0 Å². The van der Waals surface area contributed by atoms with E-state index in [4.69, 9.17) is 5.73 Å². The zero-order valence-corrected chi connectivity index (χ0v) is 7.16. The molecule has 0 amide bonds. The number of pyridine rings is 1. The van der Waals surface area contributed by atoms with Crippen LogP contribution in [0.3, 0.4) is 0 Å². The summed E-state index contributed by atoms with van der Waals surface area (Å²) in [5.74, 6) is 0.509. The van der Waals surface area contributed by atoms with E-state index in [9.17, 15) is 0 Å². The molecule has 0 fully saturated rings. The van der Waals surface area contributed by atoms with E-state index in [1.807, 2.05) is 12.3 Å². The SMILES string of the molecule is NCC1CCCc2cccnc21. The van der Waals surface area contributed by atoms with Crippen LogP contribution in [0.1, 0.15) is 30.0 Å². The number of aromatic nitrogens is 1. The van der Waals surface area contributed by atoms with Crippen molar-refractivity contribution >= 4 is 0 Å². The Morgan fingerprint density at radius 2 is 2.50 bits per heavy atom. The molecule has 1 unspecified atom stereocenters. The molecule has 0 bridgehead atoms. The fraction of sp³-hybridized carbons (Fsp3) is 0.500. The topological polar surface area (TPSA) is 38.9 Å². The van der Waals surface area contributed by atoms with E-state index in [-0.39, 0.29) is 0 Å². The number of fused-ring (bicyclic) bond motifs is 1. The number of nitrogens with two attached hydrogens (primary N) is 1. The van der Waals surface area contributed by atoms with E-state index in [2.05, 4.69) is 11.1 Å². The van der Waals surface area contributed by atoms with Crippen LogP contribution < -0.4 is 5.73 Å². The molecule has 64 valence electrons. The summed E-state index contributed by atoms with van der Waals surface area (Å²) in [6.45, 7) is 0.740. The van der Waals surface area contributed by atoms with Crippen LogP contribution in [-0.4, -0.2) is 11.5 Å². The van der Waals surface area contributed by atoms with Crippen LogP contribution in [0, 0.1) is 0 Å². The Balaban J connectivity index is 2.37. The zero-order valence-electron chi connectivity index (χ0n) is 7.16. The molecule has 2 N–H and O–H groups in total. The van der Waals surface area contributed by atoms with Crippen LogP contribution in [0.25, 0.3) is 0 Å². The van der Waals surface area contributed by atoms with Gasteiger partial charge in [-0.3, -0.25) is 4.98 Å². The summed E-state index contributed by atoms with van der Waals surface area (Å²) < 4.78 is 0.